The van der Waals surface area contributed by atoms with E-state index in [1.807, 2.05) is 0 Å². The third-order valence-electron chi connectivity index (χ3n) is 3.08. The number of nitrogens with two attached hydrogens (primary N) is 1. The molecular formula is C12H14F2N2O. The predicted molar refractivity (Wildman–Crippen MR) is 60.4 cm³/mol. The van der Waals surface area contributed by atoms with Gasteiger partial charge in [0.2, 0.25) is 0 Å². The van der Waals surface area contributed by atoms with Crippen LogP contribution in [0, 0.1) is 5.82 Å². The number of carbonyl (C=O) groups is 1. The van der Waals surface area contributed by atoms with E-state index in [1.165, 1.54) is 25.1 Å². The van der Waals surface area contributed by atoms with Gasteiger partial charge in [0.15, 0.2) is 5.67 Å². The lowest BCUT2D eigenvalue weighted by atomic mass is 9.89. The first-order chi connectivity index (χ1) is 7.90. The van der Waals surface area contributed by atoms with Gasteiger partial charge in [-0.05, 0) is 38.0 Å². The summed E-state index contributed by atoms with van der Waals surface area (Å²) in [6.45, 7) is 1.23. The molecule has 1 fully saturated rings. The Morgan fingerprint density at radius 2 is 2.24 bits per heavy atom. The van der Waals surface area contributed by atoms with Crippen LogP contribution >= 0.6 is 0 Å². The molecule has 0 radical (unpaired) electrons. The Hall–Kier alpha value is -1.65. The molecule has 0 spiro atoms. The van der Waals surface area contributed by atoms with Crippen molar-refractivity contribution < 1.29 is 13.6 Å². The number of piperidine rings is 1. The van der Waals surface area contributed by atoms with Crippen LogP contribution in [0.25, 0.3) is 0 Å². The summed E-state index contributed by atoms with van der Waals surface area (Å²) in [5, 5.41) is 2.48. The van der Waals surface area contributed by atoms with Crippen molar-refractivity contribution in [2.24, 2.45) is 0 Å². The number of rotatable bonds is 1. The third kappa shape index (κ3) is 2.23. The highest BCUT2D eigenvalue weighted by Crippen LogP contribution is 2.32. The lowest BCUT2D eigenvalue weighted by Crippen LogP contribution is -2.47. The maximum Gasteiger partial charge on any atom is 0.257 e. The molecule has 1 saturated heterocycles. The summed E-state index contributed by atoms with van der Waals surface area (Å²) in [5.74, 6) is -1.14. The molecule has 0 saturated carbocycles. The van der Waals surface area contributed by atoms with Crippen molar-refractivity contribution in [2.75, 3.05) is 5.73 Å². The van der Waals surface area contributed by atoms with E-state index in [2.05, 4.69) is 5.32 Å². The van der Waals surface area contributed by atoms with E-state index >= 15 is 0 Å². The van der Waals surface area contributed by atoms with Crippen molar-refractivity contribution in [2.45, 2.75) is 31.5 Å². The maximum atomic E-state index is 13.6. The number of carbonyl (C=O) groups excluding carboxylic acids is 1. The molecule has 1 heterocycles. The van der Waals surface area contributed by atoms with Gasteiger partial charge in [0.25, 0.3) is 5.91 Å². The normalized spacial score (nSPS) is 28.9. The first-order valence-corrected chi connectivity index (χ1v) is 5.45. The summed E-state index contributed by atoms with van der Waals surface area (Å²) in [6.07, 6.45) is 0.441. The molecular weight excluding hydrogens is 226 g/mol. The molecule has 1 amide bonds. The lowest BCUT2D eigenvalue weighted by Gasteiger charge is -2.31. The van der Waals surface area contributed by atoms with Crippen molar-refractivity contribution in [1.29, 1.82) is 0 Å². The fraction of sp³-hybridized carbons (Fsp3) is 0.417. The van der Waals surface area contributed by atoms with Gasteiger partial charge in [0, 0.05) is 11.3 Å². The smallest absolute Gasteiger partial charge is 0.257 e. The van der Waals surface area contributed by atoms with E-state index < -0.39 is 23.4 Å². The SMILES string of the molecule is C[C@@]1(F)CCC(c2cc(N)ccc2F)NC1=O. The molecule has 92 valence electrons. The molecule has 1 aliphatic heterocycles. The Balaban J connectivity index is 2.25. The Labute approximate surface area is 98.0 Å². The van der Waals surface area contributed by atoms with E-state index in [-0.39, 0.29) is 6.42 Å². The summed E-state index contributed by atoms with van der Waals surface area (Å²) in [7, 11) is 0. The zero-order chi connectivity index (χ0) is 12.6. The van der Waals surface area contributed by atoms with Gasteiger partial charge in [0.05, 0.1) is 6.04 Å². The van der Waals surface area contributed by atoms with Crippen LogP contribution in [0.5, 0.6) is 0 Å². The molecule has 5 heteroatoms. The third-order valence-corrected chi connectivity index (χ3v) is 3.08. The second-order valence-corrected chi connectivity index (χ2v) is 4.54. The molecule has 1 aliphatic rings. The number of anilines is 1. The largest absolute Gasteiger partial charge is 0.399 e. The minimum Gasteiger partial charge on any atom is -0.399 e. The Morgan fingerprint density at radius 3 is 2.88 bits per heavy atom. The van der Waals surface area contributed by atoms with Crippen molar-refractivity contribution in [3.05, 3.63) is 29.6 Å². The van der Waals surface area contributed by atoms with Gasteiger partial charge >= 0.3 is 0 Å². The van der Waals surface area contributed by atoms with Gasteiger partial charge in [-0.3, -0.25) is 4.79 Å². The van der Waals surface area contributed by atoms with E-state index in [4.69, 9.17) is 5.73 Å². The highest BCUT2D eigenvalue weighted by atomic mass is 19.1. The minimum atomic E-state index is -1.87. The number of benzene rings is 1. The van der Waals surface area contributed by atoms with Crippen LogP contribution in [-0.4, -0.2) is 11.6 Å². The summed E-state index contributed by atoms with van der Waals surface area (Å²) in [6, 6.07) is 3.67. The number of nitrogen functional groups attached to an aromatic ring is 1. The highest BCUT2D eigenvalue weighted by molar-refractivity contribution is 5.85. The first-order valence-electron chi connectivity index (χ1n) is 5.45. The number of alkyl halides is 1. The van der Waals surface area contributed by atoms with Crippen LogP contribution in [0.2, 0.25) is 0 Å². The summed E-state index contributed by atoms with van der Waals surface area (Å²) in [5.41, 5.74) is 4.44. The van der Waals surface area contributed by atoms with Crippen molar-refractivity contribution in [3.63, 3.8) is 0 Å². The lowest BCUT2D eigenvalue weighted by molar-refractivity contribution is -0.135. The molecule has 1 unspecified atom stereocenters. The molecule has 0 aromatic heterocycles. The number of halogens is 2. The van der Waals surface area contributed by atoms with Crippen LogP contribution in [0.1, 0.15) is 31.4 Å². The van der Waals surface area contributed by atoms with Crippen molar-refractivity contribution in [3.8, 4) is 0 Å². The molecule has 1 aromatic rings. The van der Waals surface area contributed by atoms with Crippen LogP contribution in [0.15, 0.2) is 18.2 Å². The standard InChI is InChI=1S/C12H14F2N2O/c1-12(14)5-4-10(16-11(12)17)8-6-7(15)2-3-9(8)13/h2-3,6,10H,4-5,15H2,1H3,(H,16,17)/t10?,12-/m1/s1. The molecule has 0 aliphatic carbocycles. The summed E-state index contributed by atoms with van der Waals surface area (Å²) in [4.78, 5) is 11.5. The molecule has 2 atom stereocenters. The second-order valence-electron chi connectivity index (χ2n) is 4.54. The van der Waals surface area contributed by atoms with Crippen molar-refractivity contribution >= 4 is 11.6 Å². The average Bonchev–Trinajstić information content (AvgIpc) is 2.26. The number of hydrogen-bond acceptors (Lipinski definition) is 2. The minimum absolute atomic E-state index is 0.0811. The summed E-state index contributed by atoms with van der Waals surface area (Å²) < 4.78 is 27.2. The van der Waals surface area contributed by atoms with Gasteiger partial charge in [-0.2, -0.15) is 0 Å². The zero-order valence-electron chi connectivity index (χ0n) is 9.47. The van der Waals surface area contributed by atoms with E-state index in [9.17, 15) is 13.6 Å². The Kier molecular flexibility index (Phi) is 2.77. The van der Waals surface area contributed by atoms with Gasteiger partial charge in [0.1, 0.15) is 5.82 Å². The summed E-state index contributed by atoms with van der Waals surface area (Å²) >= 11 is 0. The topological polar surface area (TPSA) is 55.1 Å². The van der Waals surface area contributed by atoms with Gasteiger partial charge < -0.3 is 11.1 Å². The Morgan fingerprint density at radius 1 is 1.53 bits per heavy atom. The molecule has 3 nitrogen and oxygen atoms in total. The van der Waals surface area contributed by atoms with E-state index in [0.717, 1.165) is 0 Å². The van der Waals surface area contributed by atoms with E-state index in [1.54, 1.807) is 0 Å². The number of hydrogen-bond donors (Lipinski definition) is 2. The fourth-order valence-electron chi connectivity index (χ4n) is 1.97. The zero-order valence-corrected chi connectivity index (χ0v) is 9.47. The number of amides is 1. The van der Waals surface area contributed by atoms with E-state index in [0.29, 0.717) is 17.7 Å². The fourth-order valence-corrected chi connectivity index (χ4v) is 1.97. The first kappa shape index (κ1) is 11.8. The maximum absolute atomic E-state index is 13.6. The van der Waals surface area contributed by atoms with Crippen LogP contribution in [0.4, 0.5) is 14.5 Å². The van der Waals surface area contributed by atoms with Crippen LogP contribution in [-0.2, 0) is 4.79 Å². The van der Waals surface area contributed by atoms with Crippen LogP contribution in [0.3, 0.4) is 0 Å². The van der Waals surface area contributed by atoms with Gasteiger partial charge in [-0.15, -0.1) is 0 Å². The van der Waals surface area contributed by atoms with Crippen LogP contribution < -0.4 is 11.1 Å². The van der Waals surface area contributed by atoms with Gasteiger partial charge in [-0.1, -0.05) is 0 Å². The molecule has 1 aromatic carbocycles. The molecule has 0 bridgehead atoms. The van der Waals surface area contributed by atoms with Gasteiger partial charge in [-0.25, -0.2) is 8.78 Å². The Bertz CT molecular complexity index is 460. The highest BCUT2D eigenvalue weighted by Gasteiger charge is 2.39. The number of nitrogens with one attached hydrogen (secondary N) is 1. The monoisotopic (exact) mass is 240 g/mol. The van der Waals surface area contributed by atoms with Crippen molar-refractivity contribution in [1.82, 2.24) is 5.32 Å². The second kappa shape index (κ2) is 3.98. The molecule has 2 rings (SSSR count). The predicted octanol–water partition coefficient (Wildman–Crippen LogP) is 2.09. The average molecular weight is 240 g/mol. The molecule has 3 N–H and O–H groups in total. The molecule has 17 heavy (non-hydrogen) atoms. The quantitative estimate of drug-likeness (QED) is 0.738.